The lowest BCUT2D eigenvalue weighted by molar-refractivity contribution is -0.131. The van der Waals surface area contributed by atoms with Crippen molar-refractivity contribution in [3.8, 4) is 17.0 Å². The number of fused-ring (bicyclic) bond motifs is 1. The molecule has 1 N–H and O–H groups in total. The van der Waals surface area contributed by atoms with E-state index in [1.165, 1.54) is 6.92 Å². The Morgan fingerprint density at radius 1 is 1.05 bits per heavy atom. The number of rotatable bonds is 2. The van der Waals surface area contributed by atoms with Crippen molar-refractivity contribution in [1.29, 1.82) is 0 Å². The molecule has 0 aliphatic rings. The van der Waals surface area contributed by atoms with E-state index in [0.29, 0.717) is 27.8 Å². The summed E-state index contributed by atoms with van der Waals surface area (Å²) in [4.78, 5) is 23.0. The van der Waals surface area contributed by atoms with E-state index in [9.17, 15) is 9.59 Å². The Balaban J connectivity index is 2.29. The number of H-pyrrole nitrogens is 1. The summed E-state index contributed by atoms with van der Waals surface area (Å²) >= 11 is 0. The average Bonchev–Trinajstić information content (AvgIpc) is 2.48. The Morgan fingerprint density at radius 2 is 1.71 bits per heavy atom. The highest BCUT2D eigenvalue weighted by Crippen LogP contribution is 2.31. The van der Waals surface area contributed by atoms with Crippen LogP contribution in [-0.4, -0.2) is 16.2 Å². The smallest absolute Gasteiger partial charge is 0.308 e. The number of para-hydroxylation sites is 1. The first kappa shape index (κ1) is 13.1. The molecule has 1 heterocycles. The summed E-state index contributed by atoms with van der Waals surface area (Å²) in [7, 11) is 0. The second kappa shape index (κ2) is 5.20. The molecule has 3 aromatic rings. The maximum Gasteiger partial charge on any atom is 0.308 e. The van der Waals surface area contributed by atoms with E-state index >= 15 is 0 Å². The van der Waals surface area contributed by atoms with Gasteiger partial charge in [-0.3, -0.25) is 9.59 Å². The van der Waals surface area contributed by atoms with Crippen molar-refractivity contribution < 1.29 is 9.53 Å². The van der Waals surface area contributed by atoms with Crippen LogP contribution in [0.25, 0.3) is 22.0 Å². The van der Waals surface area contributed by atoms with E-state index in [2.05, 4.69) is 10.2 Å². The van der Waals surface area contributed by atoms with Gasteiger partial charge in [0.05, 0.1) is 5.39 Å². The third kappa shape index (κ3) is 2.41. The number of carbonyl (C=O) groups excluding carboxylic acids is 1. The zero-order chi connectivity index (χ0) is 14.8. The van der Waals surface area contributed by atoms with E-state index in [4.69, 9.17) is 4.74 Å². The fraction of sp³-hybridized carbons (Fsp3) is 0.0625. The number of benzene rings is 2. The van der Waals surface area contributed by atoms with Gasteiger partial charge >= 0.3 is 5.97 Å². The van der Waals surface area contributed by atoms with Crippen LogP contribution in [0.4, 0.5) is 0 Å². The molecule has 0 atom stereocenters. The van der Waals surface area contributed by atoms with Crippen molar-refractivity contribution in [3.05, 3.63) is 58.9 Å². The molecule has 1 aromatic heterocycles. The second-order valence-electron chi connectivity index (χ2n) is 4.54. The van der Waals surface area contributed by atoms with E-state index in [-0.39, 0.29) is 5.56 Å². The quantitative estimate of drug-likeness (QED) is 0.578. The summed E-state index contributed by atoms with van der Waals surface area (Å²) < 4.78 is 5.21. The van der Waals surface area contributed by atoms with E-state index in [1.807, 2.05) is 18.2 Å². The highest BCUT2D eigenvalue weighted by Gasteiger charge is 2.13. The maximum atomic E-state index is 11.8. The molecule has 104 valence electrons. The first-order valence-electron chi connectivity index (χ1n) is 6.42. The first-order chi connectivity index (χ1) is 10.2. The topological polar surface area (TPSA) is 72.0 Å². The molecular weight excluding hydrogens is 268 g/mol. The highest BCUT2D eigenvalue weighted by atomic mass is 16.5. The number of esters is 1. The van der Waals surface area contributed by atoms with Gasteiger partial charge < -0.3 is 4.74 Å². The molecule has 0 bridgehead atoms. The van der Waals surface area contributed by atoms with E-state index in [0.717, 1.165) is 0 Å². The van der Waals surface area contributed by atoms with Gasteiger partial charge in [-0.1, -0.05) is 30.3 Å². The minimum atomic E-state index is -0.406. The minimum Gasteiger partial charge on any atom is -0.426 e. The Hall–Kier alpha value is -2.95. The highest BCUT2D eigenvalue weighted by molar-refractivity contribution is 5.95. The molecule has 0 spiro atoms. The molecular formula is C16H12N2O3. The van der Waals surface area contributed by atoms with Crippen LogP contribution in [0.1, 0.15) is 6.92 Å². The van der Waals surface area contributed by atoms with Gasteiger partial charge in [0.25, 0.3) is 5.56 Å². The number of aromatic nitrogens is 2. The van der Waals surface area contributed by atoms with Gasteiger partial charge in [-0.2, -0.15) is 5.10 Å². The van der Waals surface area contributed by atoms with E-state index in [1.54, 1.807) is 30.3 Å². The van der Waals surface area contributed by atoms with Gasteiger partial charge in [0.1, 0.15) is 11.4 Å². The summed E-state index contributed by atoms with van der Waals surface area (Å²) in [6.45, 7) is 1.34. The first-order valence-corrected chi connectivity index (χ1v) is 6.42. The minimum absolute atomic E-state index is 0.251. The number of nitrogens with zero attached hydrogens (tertiary/aromatic N) is 1. The molecule has 5 nitrogen and oxygen atoms in total. The Morgan fingerprint density at radius 3 is 2.48 bits per heavy atom. The van der Waals surface area contributed by atoms with Crippen LogP contribution in [-0.2, 0) is 4.79 Å². The molecule has 0 saturated carbocycles. The summed E-state index contributed by atoms with van der Waals surface area (Å²) in [6, 6.07) is 14.3. The van der Waals surface area contributed by atoms with Gasteiger partial charge in [-0.15, -0.1) is 0 Å². The van der Waals surface area contributed by atoms with Crippen molar-refractivity contribution in [2.24, 2.45) is 0 Å². The average molecular weight is 280 g/mol. The van der Waals surface area contributed by atoms with Crippen LogP contribution in [0.5, 0.6) is 5.75 Å². The van der Waals surface area contributed by atoms with Crippen LogP contribution in [0.15, 0.2) is 53.3 Å². The zero-order valence-corrected chi connectivity index (χ0v) is 11.3. The largest absolute Gasteiger partial charge is 0.426 e. The Labute approximate surface area is 120 Å². The van der Waals surface area contributed by atoms with Crippen molar-refractivity contribution in [2.75, 3.05) is 0 Å². The number of ether oxygens (including phenoxy) is 1. The Bertz CT molecular complexity index is 884. The van der Waals surface area contributed by atoms with Gasteiger partial charge in [-0.25, -0.2) is 5.10 Å². The zero-order valence-electron chi connectivity index (χ0n) is 11.3. The monoisotopic (exact) mass is 280 g/mol. The fourth-order valence-electron chi connectivity index (χ4n) is 2.23. The molecule has 21 heavy (non-hydrogen) atoms. The molecule has 0 aliphatic carbocycles. The van der Waals surface area contributed by atoms with Gasteiger partial charge in [0.2, 0.25) is 0 Å². The summed E-state index contributed by atoms with van der Waals surface area (Å²) in [5, 5.41) is 7.84. The van der Waals surface area contributed by atoms with Crippen LogP contribution in [0.3, 0.4) is 0 Å². The number of carbonyl (C=O) groups is 1. The van der Waals surface area contributed by atoms with Crippen LogP contribution in [0.2, 0.25) is 0 Å². The molecule has 5 heteroatoms. The molecule has 0 radical (unpaired) electrons. The summed E-state index contributed by atoms with van der Waals surface area (Å²) in [5.41, 5.74) is 0.974. The lowest BCUT2D eigenvalue weighted by Gasteiger charge is -2.09. The number of nitrogens with one attached hydrogen (secondary N) is 1. The third-order valence-corrected chi connectivity index (χ3v) is 3.09. The fourth-order valence-corrected chi connectivity index (χ4v) is 2.23. The van der Waals surface area contributed by atoms with Crippen molar-refractivity contribution >= 4 is 16.7 Å². The van der Waals surface area contributed by atoms with Gasteiger partial charge in [0.15, 0.2) is 0 Å². The van der Waals surface area contributed by atoms with Crippen LogP contribution >= 0.6 is 0 Å². The molecule has 2 aromatic carbocycles. The van der Waals surface area contributed by atoms with Crippen molar-refractivity contribution in [1.82, 2.24) is 10.2 Å². The van der Waals surface area contributed by atoms with Crippen molar-refractivity contribution in [2.45, 2.75) is 6.92 Å². The number of hydrogen-bond donors (Lipinski definition) is 1. The molecule has 0 aliphatic heterocycles. The number of aromatic amines is 1. The molecule has 0 fully saturated rings. The molecule has 0 unspecified atom stereocenters. The normalized spacial score (nSPS) is 10.5. The summed E-state index contributed by atoms with van der Waals surface area (Å²) in [5.74, 6) is 0.00545. The lowest BCUT2D eigenvalue weighted by atomic mass is 10.0. The maximum absolute atomic E-state index is 11.8. The van der Waals surface area contributed by atoms with Crippen molar-refractivity contribution in [3.63, 3.8) is 0 Å². The van der Waals surface area contributed by atoms with Gasteiger partial charge in [-0.05, 0) is 18.2 Å². The standard InChI is InChI=1S/C16H12N2O3/c1-10(19)21-14-9-5-4-8-13(14)15-11-6-2-3-7-12(11)16(20)18-17-15/h2-9H,1H3,(H,18,20). The Kier molecular flexibility index (Phi) is 3.23. The second-order valence-corrected chi connectivity index (χ2v) is 4.54. The molecule has 3 rings (SSSR count). The van der Waals surface area contributed by atoms with Gasteiger partial charge in [0, 0.05) is 17.9 Å². The molecule has 0 amide bonds. The van der Waals surface area contributed by atoms with Crippen LogP contribution < -0.4 is 10.3 Å². The molecule has 0 saturated heterocycles. The van der Waals surface area contributed by atoms with E-state index < -0.39 is 5.97 Å². The van der Waals surface area contributed by atoms with Crippen LogP contribution in [0, 0.1) is 0 Å². The summed E-state index contributed by atoms with van der Waals surface area (Å²) in [6.07, 6.45) is 0. The lowest BCUT2D eigenvalue weighted by Crippen LogP contribution is -2.10. The predicted octanol–water partition coefficient (Wildman–Crippen LogP) is 2.52. The third-order valence-electron chi connectivity index (χ3n) is 3.09. The SMILES string of the molecule is CC(=O)Oc1ccccc1-c1n[nH]c(=O)c2ccccc12. The predicted molar refractivity (Wildman–Crippen MR) is 79.1 cm³/mol. The number of hydrogen-bond acceptors (Lipinski definition) is 4.